The van der Waals surface area contributed by atoms with Crippen molar-refractivity contribution in [1.29, 1.82) is 0 Å². The molecule has 1 atom stereocenters. The zero-order valence-electron chi connectivity index (χ0n) is 17.5. The minimum atomic E-state index is -0.639. The van der Waals surface area contributed by atoms with Crippen LogP contribution in [0, 0.1) is 0 Å². The van der Waals surface area contributed by atoms with Crippen LogP contribution in [0.2, 0.25) is 0 Å². The Morgan fingerprint density at radius 1 is 0.871 bits per heavy atom. The van der Waals surface area contributed by atoms with E-state index in [9.17, 15) is 9.59 Å². The third kappa shape index (κ3) is 4.61. The first-order valence-corrected chi connectivity index (χ1v) is 10.6. The lowest BCUT2D eigenvalue weighted by Gasteiger charge is -2.18. The number of carbonyl (C=O) groups is 2. The average Bonchev–Trinajstić information content (AvgIpc) is 3.14. The highest BCUT2D eigenvalue weighted by molar-refractivity contribution is 5.85. The Labute approximate surface area is 182 Å². The topological polar surface area (TPSA) is 67.4 Å². The smallest absolute Gasteiger partial charge is 0.407 e. The van der Waals surface area contributed by atoms with Crippen LogP contribution in [0.1, 0.15) is 36.0 Å². The SMILES string of the molecule is CCC(NC(=O)OCC1c2ccccc2-c2ccccc21)C(=O)NCc1ccccc1. The lowest BCUT2D eigenvalue weighted by molar-refractivity contribution is -0.123. The highest BCUT2D eigenvalue weighted by Crippen LogP contribution is 2.44. The normalized spacial score (nSPS) is 13.1. The van der Waals surface area contributed by atoms with Crippen molar-refractivity contribution in [2.75, 3.05) is 6.61 Å². The Kier molecular flexibility index (Phi) is 6.32. The number of alkyl carbamates (subject to hydrolysis) is 1. The van der Waals surface area contributed by atoms with E-state index < -0.39 is 12.1 Å². The predicted octanol–water partition coefficient (Wildman–Crippen LogP) is 4.62. The molecule has 1 unspecified atom stereocenters. The van der Waals surface area contributed by atoms with E-state index in [1.165, 1.54) is 11.1 Å². The monoisotopic (exact) mass is 414 g/mol. The molecule has 2 N–H and O–H groups in total. The zero-order chi connectivity index (χ0) is 21.6. The fraction of sp³-hybridized carbons (Fsp3) is 0.231. The lowest BCUT2D eigenvalue weighted by Crippen LogP contribution is -2.46. The second-order valence-corrected chi connectivity index (χ2v) is 7.63. The summed E-state index contributed by atoms with van der Waals surface area (Å²) in [7, 11) is 0. The van der Waals surface area contributed by atoms with E-state index in [0.29, 0.717) is 13.0 Å². The molecule has 0 saturated carbocycles. The molecule has 1 aliphatic rings. The molecule has 3 aromatic rings. The molecule has 1 aliphatic carbocycles. The molecular formula is C26H26N2O3. The first-order valence-electron chi connectivity index (χ1n) is 10.6. The van der Waals surface area contributed by atoms with Crippen molar-refractivity contribution < 1.29 is 14.3 Å². The van der Waals surface area contributed by atoms with Gasteiger partial charge in [0.2, 0.25) is 5.91 Å². The molecule has 2 amide bonds. The summed E-state index contributed by atoms with van der Waals surface area (Å²) in [5, 5.41) is 5.57. The highest BCUT2D eigenvalue weighted by atomic mass is 16.5. The van der Waals surface area contributed by atoms with Gasteiger partial charge in [0.25, 0.3) is 0 Å². The Morgan fingerprint density at radius 2 is 1.45 bits per heavy atom. The van der Waals surface area contributed by atoms with E-state index in [2.05, 4.69) is 34.9 Å². The molecule has 5 heteroatoms. The molecule has 31 heavy (non-hydrogen) atoms. The van der Waals surface area contributed by atoms with Crippen LogP contribution < -0.4 is 10.6 Å². The number of ether oxygens (including phenoxy) is 1. The van der Waals surface area contributed by atoms with E-state index in [1.807, 2.05) is 61.5 Å². The molecule has 0 fully saturated rings. The number of rotatable bonds is 7. The summed E-state index contributed by atoms with van der Waals surface area (Å²) in [6.45, 7) is 2.50. The van der Waals surface area contributed by atoms with Gasteiger partial charge in [-0.3, -0.25) is 4.79 Å². The molecule has 0 bridgehead atoms. The third-order valence-corrected chi connectivity index (χ3v) is 5.67. The van der Waals surface area contributed by atoms with Crippen LogP contribution in [0.15, 0.2) is 78.9 Å². The van der Waals surface area contributed by atoms with Crippen LogP contribution in [0.3, 0.4) is 0 Å². The number of carbonyl (C=O) groups excluding carboxylic acids is 2. The first kappa shape index (κ1) is 20.7. The Bertz CT molecular complexity index is 1020. The summed E-state index contributed by atoms with van der Waals surface area (Å²) in [6, 6.07) is 25.4. The van der Waals surface area contributed by atoms with E-state index in [4.69, 9.17) is 4.74 Å². The van der Waals surface area contributed by atoms with Gasteiger partial charge in [-0.1, -0.05) is 85.8 Å². The summed E-state index contributed by atoms with van der Waals surface area (Å²) in [5.74, 6) is -0.231. The molecule has 0 spiro atoms. The number of hydrogen-bond donors (Lipinski definition) is 2. The second kappa shape index (κ2) is 9.47. The van der Waals surface area contributed by atoms with Gasteiger partial charge < -0.3 is 15.4 Å². The molecule has 0 heterocycles. The van der Waals surface area contributed by atoms with Crippen molar-refractivity contribution in [3.05, 3.63) is 95.6 Å². The predicted molar refractivity (Wildman–Crippen MR) is 121 cm³/mol. The Morgan fingerprint density at radius 3 is 2.06 bits per heavy atom. The first-order chi connectivity index (χ1) is 15.2. The zero-order valence-corrected chi connectivity index (χ0v) is 17.5. The molecule has 0 aromatic heterocycles. The molecule has 158 valence electrons. The van der Waals surface area contributed by atoms with Crippen molar-refractivity contribution in [1.82, 2.24) is 10.6 Å². The molecule has 0 saturated heterocycles. The number of nitrogens with one attached hydrogen (secondary N) is 2. The van der Waals surface area contributed by atoms with Gasteiger partial charge in [-0.15, -0.1) is 0 Å². The number of benzene rings is 3. The molecular weight excluding hydrogens is 388 g/mol. The largest absolute Gasteiger partial charge is 0.449 e. The van der Waals surface area contributed by atoms with Crippen LogP contribution in [0.5, 0.6) is 0 Å². The van der Waals surface area contributed by atoms with Gasteiger partial charge in [0, 0.05) is 12.5 Å². The van der Waals surface area contributed by atoms with Crippen molar-refractivity contribution in [2.24, 2.45) is 0 Å². The van der Waals surface area contributed by atoms with Crippen LogP contribution in [-0.4, -0.2) is 24.6 Å². The van der Waals surface area contributed by atoms with Crippen LogP contribution in [0.25, 0.3) is 11.1 Å². The quantitative estimate of drug-likeness (QED) is 0.593. The summed E-state index contributed by atoms with van der Waals surface area (Å²) in [6.07, 6.45) is -0.103. The van der Waals surface area contributed by atoms with Gasteiger partial charge in [-0.2, -0.15) is 0 Å². The number of hydrogen-bond acceptors (Lipinski definition) is 3. The standard InChI is InChI=1S/C26H26N2O3/c1-2-24(25(29)27-16-18-10-4-3-5-11-18)28-26(30)31-17-23-21-14-8-6-12-19(21)20-13-7-9-15-22(20)23/h3-15,23-24H,2,16-17H2,1H3,(H,27,29)(H,28,30). The molecule has 0 aliphatic heterocycles. The average molecular weight is 415 g/mol. The summed E-state index contributed by atoms with van der Waals surface area (Å²) < 4.78 is 5.55. The van der Waals surface area contributed by atoms with E-state index in [0.717, 1.165) is 16.7 Å². The number of amides is 2. The summed E-state index contributed by atoms with van der Waals surface area (Å²) in [4.78, 5) is 24.9. The van der Waals surface area contributed by atoms with Gasteiger partial charge in [0.15, 0.2) is 0 Å². The van der Waals surface area contributed by atoms with Gasteiger partial charge >= 0.3 is 6.09 Å². The molecule has 4 rings (SSSR count). The second-order valence-electron chi connectivity index (χ2n) is 7.63. The maximum atomic E-state index is 12.5. The van der Waals surface area contributed by atoms with Crippen LogP contribution in [0.4, 0.5) is 4.79 Å². The molecule has 0 radical (unpaired) electrons. The van der Waals surface area contributed by atoms with Gasteiger partial charge in [-0.05, 0) is 34.2 Å². The van der Waals surface area contributed by atoms with E-state index >= 15 is 0 Å². The fourth-order valence-corrected chi connectivity index (χ4v) is 4.04. The van der Waals surface area contributed by atoms with Crippen molar-refractivity contribution in [3.63, 3.8) is 0 Å². The van der Waals surface area contributed by atoms with Crippen LogP contribution in [-0.2, 0) is 16.1 Å². The molecule has 5 nitrogen and oxygen atoms in total. The summed E-state index contributed by atoms with van der Waals surface area (Å²) in [5.41, 5.74) is 5.68. The van der Waals surface area contributed by atoms with Crippen molar-refractivity contribution in [3.8, 4) is 11.1 Å². The lowest BCUT2D eigenvalue weighted by atomic mass is 9.98. The number of fused-ring (bicyclic) bond motifs is 3. The third-order valence-electron chi connectivity index (χ3n) is 5.67. The Balaban J connectivity index is 1.35. The maximum absolute atomic E-state index is 12.5. The highest BCUT2D eigenvalue weighted by Gasteiger charge is 2.29. The van der Waals surface area contributed by atoms with E-state index in [1.54, 1.807) is 0 Å². The van der Waals surface area contributed by atoms with Gasteiger partial charge in [0.1, 0.15) is 12.6 Å². The van der Waals surface area contributed by atoms with Gasteiger partial charge in [0.05, 0.1) is 0 Å². The van der Waals surface area contributed by atoms with E-state index in [-0.39, 0.29) is 18.4 Å². The van der Waals surface area contributed by atoms with Crippen LogP contribution >= 0.6 is 0 Å². The maximum Gasteiger partial charge on any atom is 0.407 e. The van der Waals surface area contributed by atoms with Crippen molar-refractivity contribution in [2.45, 2.75) is 31.8 Å². The fourth-order valence-electron chi connectivity index (χ4n) is 4.04. The molecule has 3 aromatic carbocycles. The minimum Gasteiger partial charge on any atom is -0.449 e. The Hall–Kier alpha value is -3.60. The van der Waals surface area contributed by atoms with Gasteiger partial charge in [-0.25, -0.2) is 4.79 Å². The minimum absolute atomic E-state index is 0.00914. The van der Waals surface area contributed by atoms with Crippen molar-refractivity contribution >= 4 is 12.0 Å². The summed E-state index contributed by atoms with van der Waals surface area (Å²) >= 11 is 0.